The van der Waals surface area contributed by atoms with E-state index in [2.05, 4.69) is 5.32 Å². The van der Waals surface area contributed by atoms with Crippen molar-refractivity contribution in [3.05, 3.63) is 67.7 Å². The van der Waals surface area contributed by atoms with E-state index in [0.29, 0.717) is 23.3 Å². The zero-order valence-electron chi connectivity index (χ0n) is 14.1. The van der Waals surface area contributed by atoms with Gasteiger partial charge in [-0.15, -0.1) is 0 Å². The Morgan fingerprint density at radius 1 is 1.22 bits per heavy atom. The summed E-state index contributed by atoms with van der Waals surface area (Å²) in [7, 11) is 0. The van der Waals surface area contributed by atoms with Crippen LogP contribution in [0, 0.1) is 35.6 Å². The standard InChI is InChI=1S/C17H13ClF2N2O5/c1-8-3-4-14(22(25)26)16(9(8)2)21-15(23)7-27-17(24)10-5-12(19)13(20)6-11(10)18/h3-6H,7H2,1-2H3,(H,21,23). The van der Waals surface area contributed by atoms with Gasteiger partial charge in [0.1, 0.15) is 5.69 Å². The molecule has 7 nitrogen and oxygen atoms in total. The first-order valence-corrected chi connectivity index (χ1v) is 7.85. The molecule has 0 fully saturated rings. The highest BCUT2D eigenvalue weighted by Gasteiger charge is 2.21. The highest BCUT2D eigenvalue weighted by atomic mass is 35.5. The summed E-state index contributed by atoms with van der Waals surface area (Å²) >= 11 is 5.65. The Morgan fingerprint density at radius 2 is 1.85 bits per heavy atom. The first-order valence-electron chi connectivity index (χ1n) is 7.48. The summed E-state index contributed by atoms with van der Waals surface area (Å²) < 4.78 is 31.0. The van der Waals surface area contributed by atoms with Gasteiger partial charge >= 0.3 is 5.97 Å². The van der Waals surface area contributed by atoms with Gasteiger partial charge in [-0.2, -0.15) is 0 Å². The van der Waals surface area contributed by atoms with Gasteiger partial charge in [0.15, 0.2) is 18.2 Å². The number of aryl methyl sites for hydroxylation is 1. The van der Waals surface area contributed by atoms with Crippen molar-refractivity contribution in [3.63, 3.8) is 0 Å². The Balaban J connectivity index is 2.12. The molecule has 0 saturated heterocycles. The lowest BCUT2D eigenvalue weighted by Gasteiger charge is -2.11. The third-order valence-corrected chi connectivity index (χ3v) is 4.05. The minimum absolute atomic E-state index is 0.0214. The molecule has 0 spiro atoms. The van der Waals surface area contributed by atoms with Crippen molar-refractivity contribution in [1.82, 2.24) is 0 Å². The van der Waals surface area contributed by atoms with Crippen molar-refractivity contribution in [2.24, 2.45) is 0 Å². The van der Waals surface area contributed by atoms with E-state index in [-0.39, 0.29) is 16.4 Å². The van der Waals surface area contributed by atoms with Gasteiger partial charge in [-0.1, -0.05) is 17.7 Å². The topological polar surface area (TPSA) is 98.5 Å². The van der Waals surface area contributed by atoms with Gasteiger partial charge in [0, 0.05) is 6.07 Å². The maximum atomic E-state index is 13.2. The summed E-state index contributed by atoms with van der Waals surface area (Å²) in [5, 5.41) is 13.0. The van der Waals surface area contributed by atoms with Crippen LogP contribution >= 0.6 is 11.6 Å². The quantitative estimate of drug-likeness (QED) is 0.356. The Labute approximate surface area is 157 Å². The van der Waals surface area contributed by atoms with Crippen LogP contribution in [0.25, 0.3) is 0 Å². The molecule has 2 rings (SSSR count). The van der Waals surface area contributed by atoms with Gasteiger partial charge in [-0.3, -0.25) is 14.9 Å². The fourth-order valence-electron chi connectivity index (χ4n) is 2.17. The highest BCUT2D eigenvalue weighted by Crippen LogP contribution is 2.30. The van der Waals surface area contributed by atoms with E-state index in [1.165, 1.54) is 12.1 Å². The third-order valence-electron chi connectivity index (χ3n) is 3.74. The first kappa shape index (κ1) is 20.2. The van der Waals surface area contributed by atoms with E-state index in [1.807, 2.05) is 0 Å². The van der Waals surface area contributed by atoms with Crippen LogP contribution in [0.4, 0.5) is 20.2 Å². The number of halogens is 3. The number of hydrogen-bond acceptors (Lipinski definition) is 5. The summed E-state index contributed by atoms with van der Waals surface area (Å²) in [6.07, 6.45) is 0. The lowest BCUT2D eigenvalue weighted by atomic mass is 10.1. The molecule has 0 aliphatic heterocycles. The third kappa shape index (κ3) is 4.56. The molecular weight excluding hydrogens is 386 g/mol. The zero-order chi connectivity index (χ0) is 20.3. The molecule has 0 heterocycles. The molecule has 142 valence electrons. The summed E-state index contributed by atoms with van der Waals surface area (Å²) in [5.74, 6) is -4.54. The van der Waals surface area contributed by atoms with Crippen molar-refractivity contribution >= 4 is 34.9 Å². The largest absolute Gasteiger partial charge is 0.452 e. The lowest BCUT2D eigenvalue weighted by molar-refractivity contribution is -0.384. The Morgan fingerprint density at radius 3 is 2.48 bits per heavy atom. The molecule has 0 bridgehead atoms. The van der Waals surface area contributed by atoms with Crippen LogP contribution < -0.4 is 5.32 Å². The van der Waals surface area contributed by atoms with Crippen molar-refractivity contribution in [3.8, 4) is 0 Å². The molecule has 10 heteroatoms. The Hall–Kier alpha value is -3.07. The van der Waals surface area contributed by atoms with E-state index >= 15 is 0 Å². The zero-order valence-corrected chi connectivity index (χ0v) is 14.9. The summed E-state index contributed by atoms with van der Waals surface area (Å²) in [5.41, 5.74) is 0.392. The molecule has 0 radical (unpaired) electrons. The molecule has 1 N–H and O–H groups in total. The van der Waals surface area contributed by atoms with Crippen LogP contribution in [-0.2, 0) is 9.53 Å². The normalized spacial score (nSPS) is 10.4. The van der Waals surface area contributed by atoms with Crippen molar-refractivity contribution in [2.75, 3.05) is 11.9 Å². The molecule has 2 aromatic rings. The van der Waals surface area contributed by atoms with Gasteiger partial charge in [0.2, 0.25) is 0 Å². The predicted molar refractivity (Wildman–Crippen MR) is 92.9 cm³/mol. The second-order valence-electron chi connectivity index (χ2n) is 5.53. The minimum atomic E-state index is -1.30. The SMILES string of the molecule is Cc1ccc([N+](=O)[O-])c(NC(=O)COC(=O)c2cc(F)c(F)cc2Cl)c1C. The molecule has 0 atom stereocenters. The smallest absolute Gasteiger partial charge is 0.340 e. The summed E-state index contributed by atoms with van der Waals surface area (Å²) in [6, 6.07) is 3.93. The number of nitro groups is 1. The maximum absolute atomic E-state index is 13.2. The number of carbonyl (C=O) groups is 2. The van der Waals surface area contributed by atoms with Gasteiger partial charge in [0.05, 0.1) is 15.5 Å². The first-order chi connectivity index (χ1) is 12.6. The molecule has 2 aromatic carbocycles. The van der Waals surface area contributed by atoms with Crippen LogP contribution in [0.3, 0.4) is 0 Å². The van der Waals surface area contributed by atoms with E-state index in [9.17, 15) is 28.5 Å². The van der Waals surface area contributed by atoms with Gasteiger partial charge in [-0.05, 0) is 37.1 Å². The summed E-state index contributed by atoms with van der Waals surface area (Å²) in [6.45, 7) is 2.49. The fourth-order valence-corrected chi connectivity index (χ4v) is 2.40. The molecule has 1 amide bonds. The second-order valence-corrected chi connectivity index (χ2v) is 5.94. The predicted octanol–water partition coefficient (Wildman–Crippen LogP) is 3.94. The average Bonchev–Trinajstić information content (AvgIpc) is 2.59. The molecule has 27 heavy (non-hydrogen) atoms. The number of carbonyl (C=O) groups excluding carboxylic acids is 2. The number of nitrogens with one attached hydrogen (secondary N) is 1. The van der Waals surface area contributed by atoms with Gasteiger partial charge in [0.25, 0.3) is 11.6 Å². The van der Waals surface area contributed by atoms with E-state index < -0.39 is 40.6 Å². The minimum Gasteiger partial charge on any atom is -0.452 e. The van der Waals surface area contributed by atoms with Crippen LogP contribution in [0.2, 0.25) is 5.02 Å². The number of nitro benzene ring substituents is 1. The van der Waals surface area contributed by atoms with Crippen LogP contribution in [-0.4, -0.2) is 23.4 Å². The molecule has 0 aliphatic carbocycles. The maximum Gasteiger partial charge on any atom is 0.340 e. The number of benzene rings is 2. The number of anilines is 1. The van der Waals surface area contributed by atoms with Crippen molar-refractivity contribution in [2.45, 2.75) is 13.8 Å². The molecular formula is C17H13ClF2N2O5. The Bertz CT molecular complexity index is 949. The van der Waals surface area contributed by atoms with Crippen LogP contribution in [0.1, 0.15) is 21.5 Å². The number of nitrogens with zero attached hydrogens (tertiary/aromatic N) is 1. The van der Waals surface area contributed by atoms with E-state index in [0.717, 1.165) is 0 Å². The van der Waals surface area contributed by atoms with Gasteiger partial charge in [-0.25, -0.2) is 13.6 Å². The highest BCUT2D eigenvalue weighted by molar-refractivity contribution is 6.33. The van der Waals surface area contributed by atoms with Gasteiger partial charge < -0.3 is 10.1 Å². The van der Waals surface area contributed by atoms with Crippen LogP contribution in [0.5, 0.6) is 0 Å². The van der Waals surface area contributed by atoms with E-state index in [4.69, 9.17) is 16.3 Å². The fraction of sp³-hybridized carbons (Fsp3) is 0.176. The molecule has 0 unspecified atom stereocenters. The lowest BCUT2D eigenvalue weighted by Crippen LogP contribution is -2.22. The average molecular weight is 399 g/mol. The number of rotatable bonds is 5. The molecule has 0 aromatic heterocycles. The van der Waals surface area contributed by atoms with Crippen molar-refractivity contribution in [1.29, 1.82) is 0 Å². The van der Waals surface area contributed by atoms with Crippen LogP contribution in [0.15, 0.2) is 24.3 Å². The number of ether oxygens (including phenoxy) is 1. The number of amides is 1. The second kappa shape index (κ2) is 8.09. The summed E-state index contributed by atoms with van der Waals surface area (Å²) in [4.78, 5) is 34.4. The van der Waals surface area contributed by atoms with Crippen molar-refractivity contribution < 1.29 is 28.0 Å². The van der Waals surface area contributed by atoms with E-state index in [1.54, 1.807) is 13.8 Å². The molecule has 0 aliphatic rings. The Kier molecular flexibility index (Phi) is 6.06. The monoisotopic (exact) mass is 398 g/mol. The number of esters is 1. The molecule has 0 saturated carbocycles. The number of hydrogen-bond donors (Lipinski definition) is 1.